The van der Waals surface area contributed by atoms with Gasteiger partial charge in [-0.15, -0.1) is 0 Å². The summed E-state index contributed by atoms with van der Waals surface area (Å²) >= 11 is 0. The summed E-state index contributed by atoms with van der Waals surface area (Å²) in [5, 5.41) is 36.6. The number of ether oxygens (including phenoxy) is 2. The summed E-state index contributed by atoms with van der Waals surface area (Å²) in [5.41, 5.74) is 0. The second kappa shape index (κ2) is 11.8. The maximum Gasteiger partial charge on any atom is 0.290 e. The van der Waals surface area contributed by atoms with E-state index in [0.29, 0.717) is 18.9 Å². The molecule has 0 saturated carbocycles. The average molecular weight is 337 g/mol. The molecule has 1 fully saturated rings. The zero-order valence-corrected chi connectivity index (χ0v) is 14.2. The van der Waals surface area contributed by atoms with Crippen molar-refractivity contribution >= 4 is 6.47 Å². The molecule has 0 aromatic heterocycles. The van der Waals surface area contributed by atoms with Crippen molar-refractivity contribution in [1.82, 2.24) is 0 Å². The maximum absolute atomic E-state index is 10.1. The zero-order chi connectivity index (χ0) is 18.7. The van der Waals surface area contributed by atoms with Gasteiger partial charge in [0.25, 0.3) is 6.47 Å². The summed E-state index contributed by atoms with van der Waals surface area (Å²) in [6.45, 7) is 6.07. The van der Waals surface area contributed by atoms with Crippen LogP contribution in [0.1, 0.15) is 48.3 Å². The van der Waals surface area contributed by atoms with E-state index in [0.717, 1.165) is 12.8 Å². The Labute approximate surface area is 139 Å². The van der Waals surface area contributed by atoms with Gasteiger partial charge in [0.05, 0.1) is 18.3 Å². The van der Waals surface area contributed by atoms with E-state index in [1.54, 1.807) is 6.92 Å². The maximum atomic E-state index is 10.1. The van der Waals surface area contributed by atoms with Crippen molar-refractivity contribution in [3.8, 4) is 0 Å². The Bertz CT molecular complexity index is 330. The van der Waals surface area contributed by atoms with Gasteiger partial charge in [-0.3, -0.25) is 4.79 Å². The minimum absolute atomic E-state index is 0.250. The fourth-order valence-corrected chi connectivity index (χ4v) is 2.41. The number of carboxylic acid groups (broad SMARTS) is 1. The number of hydrogen-bond acceptors (Lipinski definition) is 6. The molecule has 1 heterocycles. The molecule has 138 valence electrons. The number of rotatable bonds is 7. The van der Waals surface area contributed by atoms with Crippen LogP contribution in [0.25, 0.3) is 0 Å². The van der Waals surface area contributed by atoms with Crippen LogP contribution in [-0.4, -0.2) is 64.2 Å². The van der Waals surface area contributed by atoms with Crippen LogP contribution in [0.4, 0.5) is 0 Å². The molecule has 1 rings (SSSR count). The highest BCUT2D eigenvalue weighted by atomic mass is 16.7. The van der Waals surface area contributed by atoms with Crippen molar-refractivity contribution in [2.75, 3.05) is 6.61 Å². The Hall–Kier alpha value is -0.730. The van der Waals surface area contributed by atoms with E-state index < -0.39 is 30.7 Å². The molecular weight excluding hydrogens is 304 g/mol. The zero-order valence-electron chi connectivity index (χ0n) is 15.2. The summed E-state index contributed by atoms with van der Waals surface area (Å²) in [6.07, 6.45) is -1.94. The van der Waals surface area contributed by atoms with Crippen LogP contribution in [0.15, 0.2) is 0 Å². The standard InChI is InChI=1S/C15H30O5.CH2O2/c1-9(2)6-5-7-19-13-8-12(17)10(3)15(20-13)14(18)11(4)16;2-1-3/h9-18H,5-8H2,1-4H3;1H,(H,2,3)/i4D;. The van der Waals surface area contributed by atoms with E-state index in [1.807, 2.05) is 0 Å². The van der Waals surface area contributed by atoms with Crippen LogP contribution in [0.2, 0.25) is 0 Å². The predicted octanol–water partition coefficient (Wildman–Crippen LogP) is 0.994. The molecule has 0 aromatic rings. The molecule has 6 atom stereocenters. The minimum Gasteiger partial charge on any atom is -0.483 e. The van der Waals surface area contributed by atoms with Crippen LogP contribution in [0, 0.1) is 11.8 Å². The largest absolute Gasteiger partial charge is 0.483 e. The topological polar surface area (TPSA) is 116 Å². The summed E-state index contributed by atoms with van der Waals surface area (Å²) in [5.74, 6) is 0.310. The number of hydrogen-bond donors (Lipinski definition) is 4. The number of carbonyl (C=O) groups is 1. The molecule has 0 aromatic carbocycles. The van der Waals surface area contributed by atoms with E-state index >= 15 is 0 Å². The van der Waals surface area contributed by atoms with Crippen molar-refractivity contribution < 1.29 is 36.1 Å². The van der Waals surface area contributed by atoms with E-state index in [9.17, 15) is 15.3 Å². The van der Waals surface area contributed by atoms with Crippen LogP contribution >= 0.6 is 0 Å². The van der Waals surface area contributed by atoms with Crippen molar-refractivity contribution in [3.63, 3.8) is 0 Å². The van der Waals surface area contributed by atoms with E-state index in [2.05, 4.69) is 13.8 Å². The lowest BCUT2D eigenvalue weighted by atomic mass is 9.88. The highest BCUT2D eigenvalue weighted by Crippen LogP contribution is 2.29. The first-order chi connectivity index (χ1) is 11.3. The first kappa shape index (κ1) is 20.3. The van der Waals surface area contributed by atoms with Crippen molar-refractivity contribution in [1.29, 1.82) is 0 Å². The summed E-state index contributed by atoms with van der Waals surface area (Å²) in [6, 6.07) is 0. The van der Waals surface area contributed by atoms with Crippen molar-refractivity contribution in [2.24, 2.45) is 11.8 Å². The first-order valence-corrected chi connectivity index (χ1v) is 7.96. The van der Waals surface area contributed by atoms with Crippen LogP contribution < -0.4 is 0 Å². The van der Waals surface area contributed by atoms with Gasteiger partial charge < -0.3 is 29.9 Å². The lowest BCUT2D eigenvalue weighted by Crippen LogP contribution is -2.52. The summed E-state index contributed by atoms with van der Waals surface area (Å²) in [4.78, 5) is 8.36. The third-order valence-electron chi connectivity index (χ3n) is 3.83. The minimum atomic E-state index is -1.19. The molecule has 6 unspecified atom stereocenters. The van der Waals surface area contributed by atoms with Gasteiger partial charge in [-0.2, -0.15) is 0 Å². The second-order valence-corrected chi connectivity index (χ2v) is 6.26. The monoisotopic (exact) mass is 337 g/mol. The molecule has 7 nitrogen and oxygen atoms in total. The fourth-order valence-electron chi connectivity index (χ4n) is 2.41. The molecule has 7 heteroatoms. The molecule has 23 heavy (non-hydrogen) atoms. The van der Waals surface area contributed by atoms with Crippen LogP contribution in [0.3, 0.4) is 0 Å². The van der Waals surface area contributed by atoms with Gasteiger partial charge in [-0.25, -0.2) is 0 Å². The van der Waals surface area contributed by atoms with Crippen LogP contribution in [-0.2, 0) is 14.3 Å². The van der Waals surface area contributed by atoms with Gasteiger partial charge in [0.2, 0.25) is 0 Å². The van der Waals surface area contributed by atoms with Gasteiger partial charge in [0.15, 0.2) is 6.29 Å². The highest BCUT2D eigenvalue weighted by Gasteiger charge is 2.40. The number of aliphatic hydroxyl groups excluding tert-OH is 3. The lowest BCUT2D eigenvalue weighted by Gasteiger charge is -2.40. The fraction of sp³-hybridized carbons (Fsp3) is 0.938. The van der Waals surface area contributed by atoms with Gasteiger partial charge in [-0.05, 0) is 25.7 Å². The molecule has 1 aliphatic rings. The molecule has 4 N–H and O–H groups in total. The molecule has 0 bridgehead atoms. The van der Waals surface area contributed by atoms with E-state index in [1.165, 1.54) is 0 Å². The third kappa shape index (κ3) is 8.62. The van der Waals surface area contributed by atoms with Gasteiger partial charge in [0.1, 0.15) is 6.10 Å². The third-order valence-corrected chi connectivity index (χ3v) is 3.83. The van der Waals surface area contributed by atoms with Gasteiger partial charge >= 0.3 is 0 Å². The second-order valence-electron chi connectivity index (χ2n) is 6.26. The van der Waals surface area contributed by atoms with Crippen LogP contribution in [0.5, 0.6) is 0 Å². The quantitative estimate of drug-likeness (QED) is 0.404. The molecular formula is C16H32O7. The van der Waals surface area contributed by atoms with E-state index in [4.69, 9.17) is 20.7 Å². The Morgan fingerprint density at radius 2 is 2.04 bits per heavy atom. The van der Waals surface area contributed by atoms with Crippen molar-refractivity contribution in [3.05, 3.63) is 0 Å². The molecule has 0 aliphatic carbocycles. The predicted molar refractivity (Wildman–Crippen MR) is 84.9 cm³/mol. The first-order valence-electron chi connectivity index (χ1n) is 8.67. The Balaban J connectivity index is 0.00000163. The summed E-state index contributed by atoms with van der Waals surface area (Å²) in [7, 11) is 0. The average Bonchev–Trinajstić information content (AvgIpc) is 2.53. The SMILES string of the molecule is O=CO.[2H]CC(O)C(O)C1OC(OCCCC(C)C)CC(O)C1C. The van der Waals surface area contributed by atoms with Crippen molar-refractivity contribution in [2.45, 2.75) is 77.6 Å². The van der Waals surface area contributed by atoms with Gasteiger partial charge in [0, 0.05) is 20.3 Å². The molecule has 1 saturated heterocycles. The van der Waals surface area contributed by atoms with E-state index in [-0.39, 0.29) is 19.3 Å². The molecule has 0 amide bonds. The normalized spacial score (nSPS) is 30.8. The Morgan fingerprint density at radius 3 is 2.57 bits per heavy atom. The number of aliphatic hydroxyl groups is 3. The molecule has 0 radical (unpaired) electrons. The molecule has 1 aliphatic heterocycles. The highest BCUT2D eigenvalue weighted by molar-refractivity contribution is 5.32. The summed E-state index contributed by atoms with van der Waals surface area (Å²) < 4.78 is 18.5. The lowest BCUT2D eigenvalue weighted by molar-refractivity contribution is -0.260. The Kier molecular flexibility index (Phi) is 10.4. The van der Waals surface area contributed by atoms with Gasteiger partial charge in [-0.1, -0.05) is 20.8 Å². The Morgan fingerprint density at radius 1 is 1.43 bits per heavy atom. The smallest absolute Gasteiger partial charge is 0.290 e. The molecule has 0 spiro atoms.